The molecule has 0 bridgehead atoms. The summed E-state index contributed by atoms with van der Waals surface area (Å²) in [4.78, 5) is 67.1. The molecule has 3 N–H and O–H groups in total. The number of fused-ring (bicyclic) bond motifs is 2. The number of hydrogen-bond donors (Lipinski definition) is 3. The van der Waals surface area contributed by atoms with Crippen LogP contribution in [0.3, 0.4) is 0 Å². The van der Waals surface area contributed by atoms with E-state index in [9.17, 15) is 19.2 Å². The van der Waals surface area contributed by atoms with Gasteiger partial charge in [-0.15, -0.1) is 11.3 Å². The van der Waals surface area contributed by atoms with Gasteiger partial charge in [0.2, 0.25) is 5.91 Å². The number of carbonyl (C=O) groups is 4. The SMILES string of the molecule is CN1CCc2nc(C(=O)N[C@@H]3C[C@@H](C(=O)N(C)C)CC[C@@H]3NC(=O)c3[nH]c4ccccc4c3C(=O)N(C)C)sc2C1. The van der Waals surface area contributed by atoms with Crippen LogP contribution in [0.1, 0.15) is 60.5 Å². The molecule has 2 aromatic heterocycles. The lowest BCUT2D eigenvalue weighted by Crippen LogP contribution is -2.56. The van der Waals surface area contributed by atoms with Crippen molar-refractivity contribution in [1.29, 1.82) is 0 Å². The molecule has 11 nitrogen and oxygen atoms in total. The van der Waals surface area contributed by atoms with Crippen molar-refractivity contribution < 1.29 is 19.2 Å². The van der Waals surface area contributed by atoms with Crippen LogP contribution in [0.15, 0.2) is 24.3 Å². The Morgan fingerprint density at radius 2 is 1.73 bits per heavy atom. The largest absolute Gasteiger partial charge is 0.350 e. The third-order valence-corrected chi connectivity index (χ3v) is 9.02. The molecule has 218 valence electrons. The molecule has 5 rings (SSSR count). The summed E-state index contributed by atoms with van der Waals surface area (Å²) < 4.78 is 0. The van der Waals surface area contributed by atoms with E-state index in [1.54, 1.807) is 33.1 Å². The fraction of sp³-hybridized carbons (Fsp3) is 0.483. The Morgan fingerprint density at radius 3 is 2.46 bits per heavy atom. The second-order valence-electron chi connectivity index (χ2n) is 11.4. The Bertz CT molecular complexity index is 1490. The van der Waals surface area contributed by atoms with Gasteiger partial charge in [-0.05, 0) is 32.4 Å². The smallest absolute Gasteiger partial charge is 0.280 e. The number of para-hydroxylation sites is 1. The van der Waals surface area contributed by atoms with Gasteiger partial charge in [-0.2, -0.15) is 0 Å². The van der Waals surface area contributed by atoms with E-state index in [-0.39, 0.29) is 29.3 Å². The number of benzene rings is 1. The predicted molar refractivity (Wildman–Crippen MR) is 157 cm³/mol. The van der Waals surface area contributed by atoms with E-state index >= 15 is 0 Å². The van der Waals surface area contributed by atoms with Crippen LogP contribution in [0.4, 0.5) is 0 Å². The number of carbonyl (C=O) groups excluding carboxylic acids is 4. The van der Waals surface area contributed by atoms with E-state index in [1.165, 1.54) is 16.2 Å². The molecule has 1 aromatic carbocycles. The first-order valence-corrected chi connectivity index (χ1v) is 14.7. The topological polar surface area (TPSA) is 131 Å². The summed E-state index contributed by atoms with van der Waals surface area (Å²) in [5.74, 6) is -1.29. The molecule has 0 unspecified atom stereocenters. The highest BCUT2D eigenvalue weighted by atomic mass is 32.1. The summed E-state index contributed by atoms with van der Waals surface area (Å²) in [6.07, 6.45) is 2.26. The van der Waals surface area contributed by atoms with Gasteiger partial charge in [-0.1, -0.05) is 18.2 Å². The van der Waals surface area contributed by atoms with Gasteiger partial charge in [0, 0.05) is 75.4 Å². The molecule has 1 aliphatic carbocycles. The van der Waals surface area contributed by atoms with Crippen molar-refractivity contribution >= 4 is 45.9 Å². The van der Waals surface area contributed by atoms with E-state index in [0.29, 0.717) is 40.7 Å². The zero-order valence-corrected chi connectivity index (χ0v) is 24.9. The molecular formula is C29H37N7O4S. The Balaban J connectivity index is 1.40. The molecule has 12 heteroatoms. The van der Waals surface area contributed by atoms with Gasteiger partial charge in [0.25, 0.3) is 17.7 Å². The molecule has 0 radical (unpaired) electrons. The third kappa shape index (κ3) is 5.84. The lowest BCUT2D eigenvalue weighted by Gasteiger charge is -2.37. The summed E-state index contributed by atoms with van der Waals surface area (Å²) in [6, 6.07) is 6.37. The van der Waals surface area contributed by atoms with Gasteiger partial charge in [0.1, 0.15) is 5.69 Å². The number of likely N-dealkylation sites (N-methyl/N-ethyl adjacent to an activating group) is 1. The Morgan fingerprint density at radius 1 is 1.00 bits per heavy atom. The normalized spacial score (nSPS) is 20.8. The van der Waals surface area contributed by atoms with Gasteiger partial charge in [0.15, 0.2) is 5.01 Å². The average Bonchev–Trinajstić information content (AvgIpc) is 3.54. The molecular weight excluding hydrogens is 542 g/mol. The van der Waals surface area contributed by atoms with Crippen LogP contribution in [-0.4, -0.2) is 102 Å². The first kappa shape index (κ1) is 28.7. The number of aromatic nitrogens is 2. The number of H-pyrrole nitrogens is 1. The molecule has 0 spiro atoms. The molecule has 3 heterocycles. The summed E-state index contributed by atoms with van der Waals surface area (Å²) in [5, 5.41) is 7.23. The Kier molecular flexibility index (Phi) is 8.14. The maximum atomic E-state index is 13.7. The van der Waals surface area contributed by atoms with Crippen LogP contribution >= 0.6 is 11.3 Å². The fourth-order valence-corrected chi connectivity index (χ4v) is 6.83. The molecule has 3 atom stereocenters. The number of nitrogens with zero attached hydrogens (tertiary/aromatic N) is 4. The van der Waals surface area contributed by atoms with Crippen molar-refractivity contribution in [2.45, 2.75) is 44.3 Å². The number of nitrogens with one attached hydrogen (secondary N) is 3. The number of amides is 4. The van der Waals surface area contributed by atoms with Crippen molar-refractivity contribution in [3.63, 3.8) is 0 Å². The molecule has 0 saturated heterocycles. The highest BCUT2D eigenvalue weighted by Crippen LogP contribution is 2.29. The summed E-state index contributed by atoms with van der Waals surface area (Å²) in [6.45, 7) is 1.66. The van der Waals surface area contributed by atoms with Gasteiger partial charge >= 0.3 is 0 Å². The Labute approximate surface area is 243 Å². The molecule has 41 heavy (non-hydrogen) atoms. The maximum absolute atomic E-state index is 13.7. The van der Waals surface area contributed by atoms with Crippen LogP contribution in [0.25, 0.3) is 10.9 Å². The van der Waals surface area contributed by atoms with Crippen LogP contribution in [0.2, 0.25) is 0 Å². The van der Waals surface area contributed by atoms with Gasteiger partial charge < -0.3 is 30.3 Å². The molecule has 1 aliphatic heterocycles. The van der Waals surface area contributed by atoms with Gasteiger partial charge in [-0.25, -0.2) is 4.98 Å². The van der Waals surface area contributed by atoms with Crippen LogP contribution < -0.4 is 10.6 Å². The van der Waals surface area contributed by atoms with Crippen LogP contribution in [0, 0.1) is 5.92 Å². The summed E-state index contributed by atoms with van der Waals surface area (Å²) in [5.41, 5.74) is 2.13. The van der Waals surface area contributed by atoms with E-state index in [4.69, 9.17) is 0 Å². The van der Waals surface area contributed by atoms with Crippen molar-refractivity contribution in [3.8, 4) is 0 Å². The molecule has 1 fully saturated rings. The second-order valence-corrected chi connectivity index (χ2v) is 12.5. The van der Waals surface area contributed by atoms with Crippen LogP contribution in [0.5, 0.6) is 0 Å². The van der Waals surface area contributed by atoms with Gasteiger partial charge in [0.05, 0.1) is 17.3 Å². The number of hydrogen-bond acceptors (Lipinski definition) is 7. The predicted octanol–water partition coefficient (Wildman–Crippen LogP) is 2.10. The number of aromatic amines is 1. The molecule has 4 amide bonds. The highest BCUT2D eigenvalue weighted by Gasteiger charge is 2.38. The minimum absolute atomic E-state index is 0.00346. The molecule has 3 aromatic rings. The van der Waals surface area contributed by atoms with Crippen molar-refractivity contribution in [3.05, 3.63) is 51.1 Å². The van der Waals surface area contributed by atoms with E-state index in [1.807, 2.05) is 31.3 Å². The fourth-order valence-electron chi connectivity index (χ4n) is 5.74. The zero-order valence-electron chi connectivity index (χ0n) is 24.1. The molecule has 2 aliphatic rings. The number of thiazole rings is 1. The minimum atomic E-state index is -0.491. The summed E-state index contributed by atoms with van der Waals surface area (Å²) in [7, 11) is 8.79. The number of rotatable bonds is 6. The standard InChI is InChI=1S/C29H37N7O4S/c1-34(2)28(39)16-10-11-19(21(14-16)32-26(38)27-33-20-12-13-36(5)15-22(20)41-27)31-25(37)24-23(29(40)35(3)4)17-8-6-7-9-18(17)30-24/h6-9,16,19,21,30H,10-15H2,1-5H3,(H,31,37)(H,32,38)/t16-,19-,21+/m0/s1. The minimum Gasteiger partial charge on any atom is -0.350 e. The molecule has 1 saturated carbocycles. The van der Waals surface area contributed by atoms with Crippen molar-refractivity contribution in [2.24, 2.45) is 5.92 Å². The first-order chi connectivity index (χ1) is 19.5. The monoisotopic (exact) mass is 579 g/mol. The highest BCUT2D eigenvalue weighted by molar-refractivity contribution is 7.13. The lowest BCUT2D eigenvalue weighted by molar-refractivity contribution is -0.134. The average molecular weight is 580 g/mol. The van der Waals surface area contributed by atoms with E-state index in [2.05, 4.69) is 25.5 Å². The third-order valence-electron chi connectivity index (χ3n) is 7.94. The van der Waals surface area contributed by atoms with E-state index < -0.39 is 18.0 Å². The van der Waals surface area contributed by atoms with Crippen molar-refractivity contribution in [1.82, 2.24) is 35.3 Å². The van der Waals surface area contributed by atoms with Crippen molar-refractivity contribution in [2.75, 3.05) is 41.8 Å². The lowest BCUT2D eigenvalue weighted by atomic mass is 9.81. The van der Waals surface area contributed by atoms with Gasteiger partial charge in [-0.3, -0.25) is 19.2 Å². The first-order valence-electron chi connectivity index (χ1n) is 13.9. The van der Waals surface area contributed by atoms with E-state index in [0.717, 1.165) is 30.1 Å². The van der Waals surface area contributed by atoms with Crippen LogP contribution in [-0.2, 0) is 17.8 Å². The summed E-state index contributed by atoms with van der Waals surface area (Å²) >= 11 is 1.40. The second kappa shape index (κ2) is 11.6. The zero-order chi connectivity index (χ0) is 29.4. The quantitative estimate of drug-likeness (QED) is 0.410. The Hall–Kier alpha value is -3.77. The maximum Gasteiger partial charge on any atom is 0.280 e.